The lowest BCUT2D eigenvalue weighted by Gasteiger charge is -2.44. The molecule has 0 saturated carbocycles. The molecule has 0 bridgehead atoms. The number of hydrogen-bond donors (Lipinski definition) is 0. The molecule has 0 N–H and O–H groups in total. The Morgan fingerprint density at radius 1 is 0.833 bits per heavy atom. The standard InChI is InChI=1S/C29H34O6Si/c1-29(2,3)36(21-13-9-7-10-14-21,22-15-11-8-12-16-22)35-20-17-24(30)23-18-25(31-4)27(32-5)28(33-6)26(23)34-19-20/h7-16,18,20H,17,19H2,1-6H3/t20-/m1/s1. The van der Waals surface area contributed by atoms with Crippen molar-refractivity contribution < 1.29 is 28.2 Å². The van der Waals surface area contributed by atoms with Gasteiger partial charge in [0.1, 0.15) is 6.61 Å². The summed E-state index contributed by atoms with van der Waals surface area (Å²) in [5, 5.41) is 2.08. The summed E-state index contributed by atoms with van der Waals surface area (Å²) in [4.78, 5) is 13.6. The largest absolute Gasteiger partial charge is 0.493 e. The van der Waals surface area contributed by atoms with Crippen LogP contribution in [0.3, 0.4) is 0 Å². The number of rotatable bonds is 7. The highest BCUT2D eigenvalue weighted by Gasteiger charge is 2.52. The van der Waals surface area contributed by atoms with Crippen LogP contribution in [-0.4, -0.2) is 48.1 Å². The molecule has 0 saturated heterocycles. The molecule has 1 aliphatic rings. The number of hydrogen-bond acceptors (Lipinski definition) is 6. The lowest BCUT2D eigenvalue weighted by Crippen LogP contribution is -2.68. The molecule has 1 atom stereocenters. The summed E-state index contributed by atoms with van der Waals surface area (Å²) in [6.07, 6.45) is -0.284. The lowest BCUT2D eigenvalue weighted by atomic mass is 10.0. The first-order valence-corrected chi connectivity index (χ1v) is 14.0. The number of carbonyl (C=O) groups is 1. The fraction of sp³-hybridized carbons (Fsp3) is 0.345. The highest BCUT2D eigenvalue weighted by atomic mass is 28.4. The van der Waals surface area contributed by atoms with E-state index in [0.29, 0.717) is 28.6 Å². The van der Waals surface area contributed by atoms with Crippen LogP contribution in [0.2, 0.25) is 5.04 Å². The normalized spacial score (nSPS) is 15.9. The first-order valence-electron chi connectivity index (χ1n) is 12.0. The van der Waals surface area contributed by atoms with Crippen molar-refractivity contribution in [1.29, 1.82) is 0 Å². The SMILES string of the molecule is COc1cc2c(c(OC)c1OC)OC[C@H](O[Si](c1ccccc1)(c1ccccc1)C(C)(C)C)CC2=O. The fourth-order valence-corrected chi connectivity index (χ4v) is 9.72. The van der Waals surface area contributed by atoms with E-state index in [-0.39, 0.29) is 23.8 Å². The van der Waals surface area contributed by atoms with Crippen LogP contribution in [0.4, 0.5) is 0 Å². The van der Waals surface area contributed by atoms with Gasteiger partial charge in [-0.2, -0.15) is 0 Å². The number of ketones is 1. The molecule has 3 aromatic carbocycles. The van der Waals surface area contributed by atoms with Gasteiger partial charge in [-0.15, -0.1) is 0 Å². The van der Waals surface area contributed by atoms with Crippen molar-refractivity contribution in [2.75, 3.05) is 27.9 Å². The monoisotopic (exact) mass is 506 g/mol. The Hall–Kier alpha value is -3.29. The fourth-order valence-electron chi connectivity index (χ4n) is 5.05. The second-order valence-corrected chi connectivity index (χ2v) is 14.1. The Balaban J connectivity index is 1.80. The molecule has 0 amide bonds. The second-order valence-electron chi connectivity index (χ2n) is 9.86. The van der Waals surface area contributed by atoms with Gasteiger partial charge in [-0.3, -0.25) is 4.79 Å². The molecule has 1 heterocycles. The Morgan fingerprint density at radius 3 is 1.86 bits per heavy atom. The number of methoxy groups -OCH3 is 3. The number of fused-ring (bicyclic) bond motifs is 1. The van der Waals surface area contributed by atoms with Crippen LogP contribution in [0.1, 0.15) is 37.6 Å². The zero-order valence-electron chi connectivity index (χ0n) is 21.8. The molecule has 190 valence electrons. The van der Waals surface area contributed by atoms with E-state index in [0.717, 1.165) is 10.4 Å². The predicted molar refractivity (Wildman–Crippen MR) is 143 cm³/mol. The molecule has 6 nitrogen and oxygen atoms in total. The number of ether oxygens (including phenoxy) is 4. The molecular weight excluding hydrogens is 472 g/mol. The highest BCUT2D eigenvalue weighted by molar-refractivity contribution is 6.99. The quantitative estimate of drug-likeness (QED) is 0.436. The van der Waals surface area contributed by atoms with E-state index in [1.54, 1.807) is 6.07 Å². The summed E-state index contributed by atoms with van der Waals surface area (Å²) < 4.78 is 30.0. The molecule has 0 aliphatic carbocycles. The third-order valence-electron chi connectivity index (χ3n) is 6.67. The van der Waals surface area contributed by atoms with Gasteiger partial charge in [-0.1, -0.05) is 81.4 Å². The molecule has 0 unspecified atom stereocenters. The van der Waals surface area contributed by atoms with Crippen LogP contribution in [0.25, 0.3) is 0 Å². The summed E-state index contributed by atoms with van der Waals surface area (Å²) >= 11 is 0. The van der Waals surface area contributed by atoms with Gasteiger partial charge in [0, 0.05) is 6.42 Å². The van der Waals surface area contributed by atoms with Gasteiger partial charge >= 0.3 is 0 Å². The Morgan fingerprint density at radius 2 is 1.39 bits per heavy atom. The zero-order valence-corrected chi connectivity index (χ0v) is 22.8. The topological polar surface area (TPSA) is 63.2 Å². The van der Waals surface area contributed by atoms with Gasteiger partial charge in [-0.05, 0) is 21.5 Å². The van der Waals surface area contributed by atoms with Gasteiger partial charge < -0.3 is 23.4 Å². The van der Waals surface area contributed by atoms with Crippen LogP contribution >= 0.6 is 0 Å². The van der Waals surface area contributed by atoms with Gasteiger partial charge in [0.15, 0.2) is 17.3 Å². The van der Waals surface area contributed by atoms with E-state index in [2.05, 4.69) is 45.0 Å². The molecule has 1 aliphatic heterocycles. The van der Waals surface area contributed by atoms with Crippen molar-refractivity contribution in [3.8, 4) is 23.0 Å². The number of benzene rings is 3. The Kier molecular flexibility index (Phi) is 7.43. The minimum atomic E-state index is -2.86. The predicted octanol–water partition coefficient (Wildman–Crippen LogP) is 4.62. The zero-order chi connectivity index (χ0) is 25.9. The van der Waals surface area contributed by atoms with E-state index >= 15 is 0 Å². The van der Waals surface area contributed by atoms with Gasteiger partial charge in [0.2, 0.25) is 11.5 Å². The average Bonchev–Trinajstić information content (AvgIpc) is 3.04. The summed E-state index contributed by atoms with van der Waals surface area (Å²) in [6, 6.07) is 22.4. The van der Waals surface area contributed by atoms with Crippen molar-refractivity contribution >= 4 is 24.5 Å². The van der Waals surface area contributed by atoms with Crippen molar-refractivity contribution in [2.45, 2.75) is 38.3 Å². The maximum absolute atomic E-state index is 13.6. The lowest BCUT2D eigenvalue weighted by molar-refractivity contribution is 0.0848. The first kappa shape index (κ1) is 25.8. The van der Waals surface area contributed by atoms with Crippen LogP contribution in [0.5, 0.6) is 23.0 Å². The second kappa shape index (κ2) is 10.4. The van der Waals surface area contributed by atoms with Crippen LogP contribution in [-0.2, 0) is 4.43 Å². The average molecular weight is 507 g/mol. The molecule has 0 spiro atoms. The Bertz CT molecular complexity index is 1160. The molecule has 7 heteroatoms. The van der Waals surface area contributed by atoms with Crippen LogP contribution in [0, 0.1) is 0 Å². The van der Waals surface area contributed by atoms with Crippen molar-refractivity contribution in [3.05, 3.63) is 72.3 Å². The smallest absolute Gasteiger partial charge is 0.261 e. The van der Waals surface area contributed by atoms with E-state index in [9.17, 15) is 4.79 Å². The minimum absolute atomic E-state index is 0.0929. The molecule has 0 radical (unpaired) electrons. The van der Waals surface area contributed by atoms with E-state index in [1.807, 2.05) is 36.4 Å². The molecule has 0 aromatic heterocycles. The highest BCUT2D eigenvalue weighted by Crippen LogP contribution is 2.48. The molecule has 4 rings (SSSR count). The molecule has 3 aromatic rings. The molecule has 36 heavy (non-hydrogen) atoms. The summed E-state index contributed by atoms with van der Waals surface area (Å²) in [6.45, 7) is 6.85. The van der Waals surface area contributed by atoms with Crippen LogP contribution in [0.15, 0.2) is 66.7 Å². The Labute approximate surface area is 214 Å². The first-order chi connectivity index (χ1) is 17.3. The number of Topliss-reactive ketones (excluding diaryl/α,β-unsaturated/α-hetero) is 1. The summed E-state index contributed by atoms with van der Waals surface area (Å²) in [5.74, 6) is 1.40. The third kappa shape index (κ3) is 4.49. The summed E-state index contributed by atoms with van der Waals surface area (Å²) in [5.41, 5.74) is 0.401. The maximum Gasteiger partial charge on any atom is 0.261 e. The van der Waals surface area contributed by atoms with Crippen LogP contribution < -0.4 is 29.3 Å². The van der Waals surface area contributed by atoms with E-state index < -0.39 is 14.4 Å². The molecule has 0 fully saturated rings. The molecular formula is C29H34O6Si. The van der Waals surface area contributed by atoms with E-state index in [4.69, 9.17) is 23.4 Å². The van der Waals surface area contributed by atoms with Gasteiger partial charge in [0.05, 0.1) is 33.0 Å². The van der Waals surface area contributed by atoms with E-state index in [1.165, 1.54) is 21.3 Å². The summed E-state index contributed by atoms with van der Waals surface area (Å²) in [7, 11) is 1.71. The third-order valence-corrected chi connectivity index (χ3v) is 11.8. The maximum atomic E-state index is 13.6. The van der Waals surface area contributed by atoms with Gasteiger partial charge in [-0.25, -0.2) is 0 Å². The van der Waals surface area contributed by atoms with Gasteiger partial charge in [0.25, 0.3) is 8.32 Å². The van der Waals surface area contributed by atoms with Crippen molar-refractivity contribution in [2.24, 2.45) is 0 Å². The van der Waals surface area contributed by atoms with Crippen molar-refractivity contribution in [3.63, 3.8) is 0 Å². The van der Waals surface area contributed by atoms with Crippen molar-refractivity contribution in [1.82, 2.24) is 0 Å². The minimum Gasteiger partial charge on any atom is -0.493 e. The number of carbonyl (C=O) groups excluding carboxylic acids is 1.